The highest BCUT2D eigenvalue weighted by atomic mass is 32.2. The molecule has 3 aromatic rings. The van der Waals surface area contributed by atoms with Crippen LogP contribution in [0, 0.1) is 0 Å². The van der Waals surface area contributed by atoms with E-state index in [1.165, 1.54) is 30.3 Å². The molecule has 32 heavy (non-hydrogen) atoms. The van der Waals surface area contributed by atoms with E-state index in [9.17, 15) is 26.7 Å². The molecular formula is C21H21F3N4O3S. The Bertz CT molecular complexity index is 1210. The highest BCUT2D eigenvalue weighted by Crippen LogP contribution is 2.31. The molecule has 2 aromatic carbocycles. The quantitative estimate of drug-likeness (QED) is 0.526. The van der Waals surface area contributed by atoms with Gasteiger partial charge in [-0.05, 0) is 62.1 Å². The normalized spacial score (nSPS) is 19.8. The SMILES string of the molecule is O=S(=O)(NC1CCC(O)CC1)c1ccc(Nc2nc(C(F)(F)F)nc3ccccc23)cc1. The number of hydrogen-bond acceptors (Lipinski definition) is 6. The first kappa shape index (κ1) is 22.4. The summed E-state index contributed by atoms with van der Waals surface area (Å²) in [7, 11) is -3.76. The van der Waals surface area contributed by atoms with Gasteiger partial charge >= 0.3 is 6.18 Å². The topological polar surface area (TPSA) is 104 Å². The van der Waals surface area contributed by atoms with E-state index in [0.29, 0.717) is 36.8 Å². The predicted molar refractivity (Wildman–Crippen MR) is 113 cm³/mol. The molecule has 1 aliphatic rings. The average molecular weight is 466 g/mol. The standard InChI is InChI=1S/C21H21F3N4O3S/c22-21(23,24)20-26-18-4-2-1-3-17(18)19(27-20)25-13-7-11-16(12-8-13)32(30,31)28-14-5-9-15(29)10-6-14/h1-4,7-8,11-12,14-15,28-29H,5-6,9-10H2,(H,25,26,27). The van der Waals surface area contributed by atoms with Gasteiger partial charge in [0.15, 0.2) is 0 Å². The molecule has 0 bridgehead atoms. The Labute approximate surface area is 182 Å². The van der Waals surface area contributed by atoms with Crippen LogP contribution in [0.1, 0.15) is 31.5 Å². The van der Waals surface area contributed by atoms with Gasteiger partial charge in [0.1, 0.15) is 5.82 Å². The third-order valence-electron chi connectivity index (χ3n) is 5.30. The van der Waals surface area contributed by atoms with Crippen LogP contribution in [-0.4, -0.2) is 35.6 Å². The minimum absolute atomic E-state index is 0.0302. The number of para-hydroxylation sites is 1. The van der Waals surface area contributed by atoms with Crippen LogP contribution in [0.2, 0.25) is 0 Å². The summed E-state index contributed by atoms with van der Waals surface area (Å²) in [6.45, 7) is 0. The van der Waals surface area contributed by atoms with Crippen LogP contribution in [-0.2, 0) is 16.2 Å². The van der Waals surface area contributed by atoms with Crippen LogP contribution in [0.3, 0.4) is 0 Å². The average Bonchev–Trinajstić information content (AvgIpc) is 2.75. The second-order valence-electron chi connectivity index (χ2n) is 7.69. The molecule has 4 rings (SSSR count). The molecule has 0 amide bonds. The van der Waals surface area contributed by atoms with Gasteiger partial charge in [-0.2, -0.15) is 13.2 Å². The fourth-order valence-electron chi connectivity index (χ4n) is 3.63. The Morgan fingerprint density at radius 1 is 0.938 bits per heavy atom. The van der Waals surface area contributed by atoms with Crippen LogP contribution in [0.15, 0.2) is 53.4 Å². The van der Waals surface area contributed by atoms with E-state index in [2.05, 4.69) is 20.0 Å². The molecular weight excluding hydrogens is 445 g/mol. The summed E-state index contributed by atoms with van der Waals surface area (Å²) in [5.41, 5.74) is 0.514. The van der Waals surface area contributed by atoms with Gasteiger partial charge in [-0.3, -0.25) is 0 Å². The summed E-state index contributed by atoms with van der Waals surface area (Å²) in [5, 5.41) is 12.8. The Hall–Kier alpha value is -2.76. The van der Waals surface area contributed by atoms with Crippen molar-refractivity contribution in [2.45, 2.75) is 48.9 Å². The smallest absolute Gasteiger partial charge is 0.393 e. The second kappa shape index (κ2) is 8.64. The molecule has 1 heterocycles. The van der Waals surface area contributed by atoms with Gasteiger partial charge in [0.05, 0.1) is 16.5 Å². The summed E-state index contributed by atoms with van der Waals surface area (Å²) in [6.07, 6.45) is -2.90. The van der Waals surface area contributed by atoms with Gasteiger partial charge in [0, 0.05) is 17.1 Å². The molecule has 1 saturated carbocycles. The summed E-state index contributed by atoms with van der Waals surface area (Å²) < 4.78 is 67.5. The van der Waals surface area contributed by atoms with Crippen LogP contribution < -0.4 is 10.0 Å². The lowest BCUT2D eigenvalue weighted by atomic mass is 9.94. The molecule has 11 heteroatoms. The van der Waals surface area contributed by atoms with Gasteiger partial charge in [0.25, 0.3) is 0 Å². The minimum atomic E-state index is -4.71. The Morgan fingerprint density at radius 3 is 2.25 bits per heavy atom. The fraction of sp³-hybridized carbons (Fsp3) is 0.333. The number of nitrogens with zero attached hydrogens (tertiary/aromatic N) is 2. The Balaban J connectivity index is 1.56. The number of hydrogen-bond donors (Lipinski definition) is 3. The van der Waals surface area contributed by atoms with Gasteiger partial charge in [-0.1, -0.05) is 12.1 Å². The van der Waals surface area contributed by atoms with E-state index in [0.717, 1.165) is 0 Å². The van der Waals surface area contributed by atoms with Crippen molar-refractivity contribution in [2.24, 2.45) is 0 Å². The van der Waals surface area contributed by atoms with E-state index >= 15 is 0 Å². The largest absolute Gasteiger partial charge is 0.451 e. The van der Waals surface area contributed by atoms with Crippen molar-refractivity contribution < 1.29 is 26.7 Å². The van der Waals surface area contributed by atoms with Crippen molar-refractivity contribution in [1.82, 2.24) is 14.7 Å². The predicted octanol–water partition coefficient (Wildman–Crippen LogP) is 3.97. The molecule has 1 aliphatic carbocycles. The van der Waals surface area contributed by atoms with Crippen molar-refractivity contribution in [3.05, 3.63) is 54.4 Å². The zero-order valence-corrected chi connectivity index (χ0v) is 17.6. The van der Waals surface area contributed by atoms with Crippen molar-refractivity contribution in [2.75, 3.05) is 5.32 Å². The Kier molecular flexibility index (Phi) is 6.06. The first-order valence-corrected chi connectivity index (χ1v) is 11.5. The molecule has 1 fully saturated rings. The first-order chi connectivity index (χ1) is 15.1. The maximum absolute atomic E-state index is 13.2. The summed E-state index contributed by atoms with van der Waals surface area (Å²) in [4.78, 5) is 7.24. The van der Waals surface area contributed by atoms with E-state index in [1.54, 1.807) is 18.2 Å². The summed E-state index contributed by atoms with van der Waals surface area (Å²) in [5.74, 6) is -1.29. The molecule has 0 spiro atoms. The van der Waals surface area contributed by atoms with Crippen LogP contribution in [0.5, 0.6) is 0 Å². The van der Waals surface area contributed by atoms with Crippen molar-refractivity contribution >= 4 is 32.4 Å². The lowest BCUT2D eigenvalue weighted by molar-refractivity contribution is -0.144. The second-order valence-corrected chi connectivity index (χ2v) is 9.40. The maximum atomic E-state index is 13.2. The molecule has 7 nitrogen and oxygen atoms in total. The van der Waals surface area contributed by atoms with Gasteiger partial charge < -0.3 is 10.4 Å². The van der Waals surface area contributed by atoms with Gasteiger partial charge in [0.2, 0.25) is 15.8 Å². The number of fused-ring (bicyclic) bond motifs is 1. The molecule has 3 N–H and O–H groups in total. The monoisotopic (exact) mass is 466 g/mol. The molecule has 1 aromatic heterocycles. The number of rotatable bonds is 5. The van der Waals surface area contributed by atoms with Crippen molar-refractivity contribution in [3.63, 3.8) is 0 Å². The molecule has 0 saturated heterocycles. The number of aromatic nitrogens is 2. The summed E-state index contributed by atoms with van der Waals surface area (Å²) >= 11 is 0. The highest BCUT2D eigenvalue weighted by Gasteiger charge is 2.35. The number of aliphatic hydroxyl groups is 1. The van der Waals surface area contributed by atoms with E-state index in [-0.39, 0.29) is 22.3 Å². The zero-order chi connectivity index (χ0) is 22.9. The molecule has 0 aliphatic heterocycles. The third kappa shape index (κ3) is 5.00. The maximum Gasteiger partial charge on any atom is 0.451 e. The lowest BCUT2D eigenvalue weighted by Crippen LogP contribution is -2.38. The highest BCUT2D eigenvalue weighted by molar-refractivity contribution is 7.89. The summed E-state index contributed by atoms with van der Waals surface area (Å²) in [6, 6.07) is 11.7. The molecule has 0 atom stereocenters. The zero-order valence-electron chi connectivity index (χ0n) is 16.8. The first-order valence-electron chi connectivity index (χ1n) is 10.0. The number of anilines is 2. The number of aliphatic hydroxyl groups excluding tert-OH is 1. The van der Waals surface area contributed by atoms with Crippen molar-refractivity contribution in [1.29, 1.82) is 0 Å². The third-order valence-corrected chi connectivity index (χ3v) is 6.84. The number of halogens is 3. The number of benzene rings is 2. The van der Waals surface area contributed by atoms with E-state index in [4.69, 9.17) is 0 Å². The Morgan fingerprint density at radius 2 is 1.59 bits per heavy atom. The minimum Gasteiger partial charge on any atom is -0.393 e. The van der Waals surface area contributed by atoms with Gasteiger partial charge in [-0.25, -0.2) is 23.1 Å². The number of nitrogens with one attached hydrogen (secondary N) is 2. The lowest BCUT2D eigenvalue weighted by Gasteiger charge is -2.26. The van der Waals surface area contributed by atoms with Gasteiger partial charge in [-0.15, -0.1) is 0 Å². The van der Waals surface area contributed by atoms with Crippen LogP contribution in [0.4, 0.5) is 24.7 Å². The van der Waals surface area contributed by atoms with E-state index in [1.807, 2.05) is 0 Å². The number of alkyl halides is 3. The molecule has 0 unspecified atom stereocenters. The van der Waals surface area contributed by atoms with E-state index < -0.39 is 28.1 Å². The number of sulfonamides is 1. The van der Waals surface area contributed by atoms with Crippen LogP contribution in [0.25, 0.3) is 10.9 Å². The molecule has 170 valence electrons. The fourth-order valence-corrected chi connectivity index (χ4v) is 4.94. The molecule has 0 radical (unpaired) electrons. The van der Waals surface area contributed by atoms with Crippen LogP contribution >= 0.6 is 0 Å². The van der Waals surface area contributed by atoms with Crippen molar-refractivity contribution in [3.8, 4) is 0 Å².